The molecule has 1 aliphatic rings. The molecule has 2 aromatic heterocycles. The van der Waals surface area contributed by atoms with Crippen molar-refractivity contribution in [3.63, 3.8) is 0 Å². The SMILES string of the molecule is Clc1nc(NCc2ccco2)c2cccc(OCC3CCCC3)c2n1. The number of anilines is 1. The number of benzene rings is 1. The van der Waals surface area contributed by atoms with Crippen molar-refractivity contribution in [3.8, 4) is 5.75 Å². The summed E-state index contributed by atoms with van der Waals surface area (Å²) in [5.74, 6) is 2.91. The van der Waals surface area contributed by atoms with E-state index in [1.54, 1.807) is 6.26 Å². The van der Waals surface area contributed by atoms with E-state index in [1.165, 1.54) is 25.7 Å². The van der Waals surface area contributed by atoms with Crippen LogP contribution in [0.15, 0.2) is 41.0 Å². The van der Waals surface area contributed by atoms with Gasteiger partial charge in [0, 0.05) is 5.39 Å². The van der Waals surface area contributed by atoms with Gasteiger partial charge in [0.2, 0.25) is 5.28 Å². The third-order valence-electron chi connectivity index (χ3n) is 4.62. The van der Waals surface area contributed by atoms with Gasteiger partial charge < -0.3 is 14.5 Å². The summed E-state index contributed by atoms with van der Waals surface area (Å²) in [6, 6.07) is 9.64. The second kappa shape index (κ2) is 7.31. The second-order valence-electron chi connectivity index (χ2n) is 6.39. The first-order chi connectivity index (χ1) is 12.3. The van der Waals surface area contributed by atoms with Crippen LogP contribution in [-0.4, -0.2) is 16.6 Å². The number of hydrogen-bond donors (Lipinski definition) is 1. The Bertz CT molecular complexity index is 845. The van der Waals surface area contributed by atoms with Crippen molar-refractivity contribution >= 4 is 28.3 Å². The Kier molecular flexibility index (Phi) is 4.74. The molecule has 0 saturated heterocycles. The monoisotopic (exact) mass is 357 g/mol. The topological polar surface area (TPSA) is 60.2 Å². The first-order valence-corrected chi connectivity index (χ1v) is 9.03. The highest BCUT2D eigenvalue weighted by Gasteiger charge is 2.17. The molecule has 130 valence electrons. The maximum absolute atomic E-state index is 6.14. The van der Waals surface area contributed by atoms with Crippen molar-refractivity contribution in [3.05, 3.63) is 47.6 Å². The molecule has 0 bridgehead atoms. The minimum Gasteiger partial charge on any atom is -0.491 e. The molecule has 0 aliphatic heterocycles. The quantitative estimate of drug-likeness (QED) is 0.625. The van der Waals surface area contributed by atoms with E-state index in [9.17, 15) is 0 Å². The van der Waals surface area contributed by atoms with E-state index in [2.05, 4.69) is 15.3 Å². The van der Waals surface area contributed by atoms with Gasteiger partial charge in [-0.25, -0.2) is 9.97 Å². The number of aromatic nitrogens is 2. The largest absolute Gasteiger partial charge is 0.491 e. The minimum atomic E-state index is 0.200. The number of halogens is 1. The van der Waals surface area contributed by atoms with E-state index in [0.717, 1.165) is 29.0 Å². The van der Waals surface area contributed by atoms with Crippen LogP contribution in [0.1, 0.15) is 31.4 Å². The molecule has 0 unspecified atom stereocenters. The van der Waals surface area contributed by atoms with Crippen LogP contribution in [0.2, 0.25) is 5.28 Å². The molecule has 0 amide bonds. The molecule has 1 saturated carbocycles. The van der Waals surface area contributed by atoms with Crippen molar-refractivity contribution in [2.75, 3.05) is 11.9 Å². The van der Waals surface area contributed by atoms with Gasteiger partial charge in [0.05, 0.1) is 19.4 Å². The molecule has 5 nitrogen and oxygen atoms in total. The van der Waals surface area contributed by atoms with Gasteiger partial charge in [-0.3, -0.25) is 0 Å². The van der Waals surface area contributed by atoms with Crippen molar-refractivity contribution in [1.29, 1.82) is 0 Å². The summed E-state index contributed by atoms with van der Waals surface area (Å²) < 4.78 is 11.4. The summed E-state index contributed by atoms with van der Waals surface area (Å²) in [5, 5.41) is 4.36. The molecular formula is C19H20ClN3O2. The van der Waals surface area contributed by atoms with Crippen molar-refractivity contribution in [1.82, 2.24) is 9.97 Å². The number of furan rings is 1. The average molecular weight is 358 g/mol. The zero-order valence-electron chi connectivity index (χ0n) is 13.9. The molecule has 0 atom stereocenters. The molecule has 0 radical (unpaired) electrons. The Balaban J connectivity index is 1.59. The molecule has 1 N–H and O–H groups in total. The van der Waals surface area contributed by atoms with Crippen LogP contribution < -0.4 is 10.1 Å². The first kappa shape index (κ1) is 16.2. The molecule has 4 rings (SSSR count). The highest BCUT2D eigenvalue weighted by Crippen LogP contribution is 2.31. The van der Waals surface area contributed by atoms with E-state index in [1.807, 2.05) is 30.3 Å². The summed E-state index contributed by atoms with van der Waals surface area (Å²) in [4.78, 5) is 8.72. The van der Waals surface area contributed by atoms with Gasteiger partial charge in [0.15, 0.2) is 0 Å². The number of ether oxygens (including phenoxy) is 1. The molecular weight excluding hydrogens is 338 g/mol. The van der Waals surface area contributed by atoms with Crippen LogP contribution in [-0.2, 0) is 6.54 Å². The van der Waals surface area contributed by atoms with Crippen molar-refractivity contribution < 1.29 is 9.15 Å². The molecule has 6 heteroatoms. The highest BCUT2D eigenvalue weighted by molar-refractivity contribution is 6.29. The Labute approximate surface area is 151 Å². The molecule has 25 heavy (non-hydrogen) atoms. The van der Waals surface area contributed by atoms with Crippen LogP contribution in [0.25, 0.3) is 10.9 Å². The third kappa shape index (κ3) is 3.71. The summed E-state index contributed by atoms with van der Waals surface area (Å²) in [5.41, 5.74) is 0.738. The molecule has 2 heterocycles. The van der Waals surface area contributed by atoms with Gasteiger partial charge in [-0.2, -0.15) is 0 Å². The van der Waals surface area contributed by atoms with Crippen LogP contribution in [0.4, 0.5) is 5.82 Å². The number of rotatable bonds is 6. The highest BCUT2D eigenvalue weighted by atomic mass is 35.5. The average Bonchev–Trinajstić information content (AvgIpc) is 3.31. The lowest BCUT2D eigenvalue weighted by Gasteiger charge is -2.14. The number of para-hydroxylation sites is 1. The van der Waals surface area contributed by atoms with Crippen LogP contribution >= 0.6 is 11.6 Å². The van der Waals surface area contributed by atoms with E-state index in [0.29, 0.717) is 18.3 Å². The maximum atomic E-state index is 6.14. The van der Waals surface area contributed by atoms with E-state index in [-0.39, 0.29) is 5.28 Å². The zero-order chi connectivity index (χ0) is 17.1. The summed E-state index contributed by atoms with van der Waals surface area (Å²) in [6.07, 6.45) is 6.75. The fourth-order valence-electron chi connectivity index (χ4n) is 3.32. The Morgan fingerprint density at radius 1 is 1.16 bits per heavy atom. The lowest BCUT2D eigenvalue weighted by atomic mass is 10.1. The Hall–Kier alpha value is -2.27. The fourth-order valence-corrected chi connectivity index (χ4v) is 3.49. The standard InChI is InChI=1S/C19H20ClN3O2/c20-19-22-17-15(18(23-19)21-11-14-7-4-10-24-14)8-3-9-16(17)25-12-13-5-1-2-6-13/h3-4,7-10,13H,1-2,5-6,11-12H2,(H,21,22,23). The Morgan fingerprint density at radius 3 is 2.84 bits per heavy atom. The normalized spacial score (nSPS) is 14.9. The predicted molar refractivity (Wildman–Crippen MR) is 98.0 cm³/mol. The van der Waals surface area contributed by atoms with Crippen LogP contribution in [0, 0.1) is 5.92 Å². The number of nitrogens with one attached hydrogen (secondary N) is 1. The van der Waals surface area contributed by atoms with Crippen LogP contribution in [0.5, 0.6) is 5.75 Å². The first-order valence-electron chi connectivity index (χ1n) is 8.65. The van der Waals surface area contributed by atoms with Crippen molar-refractivity contribution in [2.45, 2.75) is 32.2 Å². The smallest absolute Gasteiger partial charge is 0.225 e. The summed E-state index contributed by atoms with van der Waals surface area (Å²) >= 11 is 6.14. The molecule has 0 spiro atoms. The zero-order valence-corrected chi connectivity index (χ0v) is 14.6. The molecule has 1 fully saturated rings. The third-order valence-corrected chi connectivity index (χ3v) is 4.79. The molecule has 1 aliphatic carbocycles. The van der Waals surface area contributed by atoms with E-state index in [4.69, 9.17) is 20.8 Å². The van der Waals surface area contributed by atoms with Gasteiger partial charge in [0.1, 0.15) is 22.8 Å². The number of fused-ring (bicyclic) bond motifs is 1. The summed E-state index contributed by atoms with van der Waals surface area (Å²) in [6.45, 7) is 1.26. The predicted octanol–water partition coefficient (Wildman–Crippen LogP) is 5.06. The van der Waals surface area contributed by atoms with Gasteiger partial charge in [0.25, 0.3) is 0 Å². The number of hydrogen-bond acceptors (Lipinski definition) is 5. The molecule has 1 aromatic carbocycles. The van der Waals surface area contributed by atoms with E-state index < -0.39 is 0 Å². The second-order valence-corrected chi connectivity index (χ2v) is 6.73. The van der Waals surface area contributed by atoms with E-state index >= 15 is 0 Å². The van der Waals surface area contributed by atoms with Gasteiger partial charge in [-0.15, -0.1) is 0 Å². The lowest BCUT2D eigenvalue weighted by Crippen LogP contribution is -2.09. The summed E-state index contributed by atoms with van der Waals surface area (Å²) in [7, 11) is 0. The lowest BCUT2D eigenvalue weighted by molar-refractivity contribution is 0.254. The van der Waals surface area contributed by atoms with Gasteiger partial charge >= 0.3 is 0 Å². The fraction of sp³-hybridized carbons (Fsp3) is 0.368. The molecule has 3 aromatic rings. The Morgan fingerprint density at radius 2 is 2.04 bits per heavy atom. The van der Waals surface area contributed by atoms with Crippen molar-refractivity contribution in [2.24, 2.45) is 5.92 Å². The minimum absolute atomic E-state index is 0.200. The number of nitrogens with zero attached hydrogens (tertiary/aromatic N) is 2. The van der Waals surface area contributed by atoms with Crippen LogP contribution in [0.3, 0.4) is 0 Å². The maximum Gasteiger partial charge on any atom is 0.225 e. The van der Waals surface area contributed by atoms with Gasteiger partial charge in [-0.05, 0) is 54.6 Å². The van der Waals surface area contributed by atoms with Gasteiger partial charge in [-0.1, -0.05) is 18.9 Å².